The highest BCUT2D eigenvalue weighted by Crippen LogP contribution is 2.21. The lowest BCUT2D eigenvalue weighted by Gasteiger charge is -2.28. The Morgan fingerprint density at radius 1 is 1.11 bits per heavy atom. The number of hydrogen-bond acceptors (Lipinski definition) is 4. The Hall–Kier alpha value is -2.54. The molecule has 28 heavy (non-hydrogen) atoms. The number of carbonyl (C=O) groups is 1. The number of anilines is 1. The van der Waals surface area contributed by atoms with E-state index in [1.165, 1.54) is 11.4 Å². The van der Waals surface area contributed by atoms with Crippen LogP contribution in [-0.4, -0.2) is 39.3 Å². The first-order chi connectivity index (χ1) is 13.0. The van der Waals surface area contributed by atoms with E-state index in [0.717, 1.165) is 11.8 Å². The van der Waals surface area contributed by atoms with Crippen LogP contribution in [0.1, 0.15) is 26.3 Å². The molecular formula is C21H28N2O4S. The van der Waals surface area contributed by atoms with Crippen LogP contribution in [0.4, 0.5) is 5.69 Å². The molecule has 0 bridgehead atoms. The summed E-state index contributed by atoms with van der Waals surface area (Å²) in [6, 6.07) is 16.6. The highest BCUT2D eigenvalue weighted by molar-refractivity contribution is 7.92. The highest BCUT2D eigenvalue weighted by Gasteiger charge is 2.25. The number of amides is 1. The van der Waals surface area contributed by atoms with Gasteiger partial charge in [0.15, 0.2) is 6.10 Å². The molecule has 0 saturated heterocycles. The first-order valence-electron chi connectivity index (χ1n) is 9.04. The molecule has 2 aromatic rings. The lowest BCUT2D eigenvalue weighted by molar-refractivity contribution is -0.128. The van der Waals surface area contributed by atoms with Crippen LogP contribution in [-0.2, 0) is 21.2 Å². The Morgan fingerprint density at radius 2 is 1.68 bits per heavy atom. The van der Waals surface area contributed by atoms with Gasteiger partial charge in [-0.05, 0) is 57.0 Å². The monoisotopic (exact) mass is 404 g/mol. The van der Waals surface area contributed by atoms with E-state index in [4.69, 9.17) is 4.74 Å². The molecule has 0 aromatic heterocycles. The van der Waals surface area contributed by atoms with Crippen LogP contribution >= 0.6 is 0 Å². The third-order valence-electron chi connectivity index (χ3n) is 4.33. The molecule has 2 rings (SSSR count). The van der Waals surface area contributed by atoms with Gasteiger partial charge in [0.1, 0.15) is 5.75 Å². The summed E-state index contributed by atoms with van der Waals surface area (Å²) in [7, 11) is -1.84. The van der Waals surface area contributed by atoms with Crippen LogP contribution < -0.4 is 14.4 Å². The second-order valence-corrected chi connectivity index (χ2v) is 9.53. The predicted molar refractivity (Wildman–Crippen MR) is 112 cm³/mol. The third-order valence-corrected chi connectivity index (χ3v) is 5.54. The minimum atomic E-state index is -3.32. The maximum Gasteiger partial charge on any atom is 0.261 e. The second-order valence-electron chi connectivity index (χ2n) is 7.52. The zero-order valence-corrected chi connectivity index (χ0v) is 17.8. The predicted octanol–water partition coefficient (Wildman–Crippen LogP) is 2.99. The van der Waals surface area contributed by atoms with Crippen LogP contribution in [0.15, 0.2) is 54.6 Å². The van der Waals surface area contributed by atoms with Crippen molar-refractivity contribution in [2.24, 2.45) is 0 Å². The molecule has 152 valence electrons. The number of benzene rings is 2. The molecule has 0 aliphatic rings. The molecule has 7 heteroatoms. The lowest BCUT2D eigenvalue weighted by Crippen LogP contribution is -2.49. The summed E-state index contributed by atoms with van der Waals surface area (Å²) in [5.41, 5.74) is 1.25. The van der Waals surface area contributed by atoms with Crippen molar-refractivity contribution in [2.75, 3.05) is 17.6 Å². The van der Waals surface area contributed by atoms with Crippen molar-refractivity contribution in [3.8, 4) is 5.75 Å². The number of hydrogen-bond donors (Lipinski definition) is 1. The molecule has 0 aliphatic heterocycles. The maximum atomic E-state index is 12.5. The number of sulfonamides is 1. The van der Waals surface area contributed by atoms with Gasteiger partial charge in [-0.3, -0.25) is 9.10 Å². The number of rotatable bonds is 8. The molecule has 2 aromatic carbocycles. The summed E-state index contributed by atoms with van der Waals surface area (Å²) in [5, 5.41) is 3.02. The second kappa shape index (κ2) is 8.65. The Balaban J connectivity index is 1.96. The smallest absolute Gasteiger partial charge is 0.261 e. The summed E-state index contributed by atoms with van der Waals surface area (Å²) in [6.45, 7) is 5.63. The van der Waals surface area contributed by atoms with Gasteiger partial charge in [0.05, 0.1) is 11.9 Å². The third kappa shape index (κ3) is 6.27. The van der Waals surface area contributed by atoms with E-state index in [0.29, 0.717) is 17.9 Å². The van der Waals surface area contributed by atoms with E-state index in [2.05, 4.69) is 5.32 Å². The Morgan fingerprint density at radius 3 is 2.21 bits per heavy atom. The first-order valence-corrected chi connectivity index (χ1v) is 10.9. The standard InChI is InChI=1S/C21H28N2O4S/c1-16(20(24)22-21(2,3)15-17-9-7-6-8-10-17)27-19-13-11-18(12-14-19)23(4)28(5,25)26/h6-14,16H,15H2,1-5H3,(H,22,24). The Labute approximate surface area is 167 Å². The molecule has 6 nitrogen and oxygen atoms in total. The van der Waals surface area contributed by atoms with Gasteiger partial charge in [0, 0.05) is 12.6 Å². The molecule has 0 saturated carbocycles. The summed E-state index contributed by atoms with van der Waals surface area (Å²) >= 11 is 0. The summed E-state index contributed by atoms with van der Waals surface area (Å²) in [5.74, 6) is 0.285. The van der Waals surface area contributed by atoms with E-state index >= 15 is 0 Å². The van der Waals surface area contributed by atoms with Gasteiger partial charge in [0.2, 0.25) is 10.0 Å². The molecule has 1 unspecified atom stereocenters. The fraction of sp³-hybridized carbons (Fsp3) is 0.381. The molecule has 0 aliphatic carbocycles. The zero-order valence-electron chi connectivity index (χ0n) is 17.0. The number of carbonyl (C=O) groups excluding carboxylic acids is 1. The van der Waals surface area contributed by atoms with Crippen LogP contribution in [0.25, 0.3) is 0 Å². The molecule has 1 N–H and O–H groups in total. The lowest BCUT2D eigenvalue weighted by atomic mass is 9.94. The zero-order chi connectivity index (χ0) is 20.9. The fourth-order valence-electron chi connectivity index (χ4n) is 2.77. The van der Waals surface area contributed by atoms with Crippen molar-refractivity contribution in [2.45, 2.75) is 38.8 Å². The fourth-order valence-corrected chi connectivity index (χ4v) is 3.27. The molecule has 0 heterocycles. The molecule has 1 atom stereocenters. The van der Waals surface area contributed by atoms with Gasteiger partial charge in [0.25, 0.3) is 5.91 Å². The minimum Gasteiger partial charge on any atom is -0.481 e. The van der Waals surface area contributed by atoms with Crippen LogP contribution in [0.5, 0.6) is 5.75 Å². The van der Waals surface area contributed by atoms with Crippen molar-refractivity contribution in [3.63, 3.8) is 0 Å². The Kier molecular flexibility index (Phi) is 6.72. The van der Waals surface area contributed by atoms with Crippen LogP contribution in [0, 0.1) is 0 Å². The maximum absolute atomic E-state index is 12.5. The van der Waals surface area contributed by atoms with E-state index in [1.54, 1.807) is 31.2 Å². The molecule has 1 amide bonds. The van der Waals surface area contributed by atoms with E-state index in [9.17, 15) is 13.2 Å². The van der Waals surface area contributed by atoms with E-state index in [1.807, 2.05) is 44.2 Å². The van der Waals surface area contributed by atoms with Gasteiger partial charge in [-0.2, -0.15) is 0 Å². The molecule has 0 spiro atoms. The largest absolute Gasteiger partial charge is 0.481 e. The van der Waals surface area contributed by atoms with Crippen LogP contribution in [0.2, 0.25) is 0 Å². The van der Waals surface area contributed by atoms with E-state index < -0.39 is 21.7 Å². The van der Waals surface area contributed by atoms with Gasteiger partial charge < -0.3 is 10.1 Å². The number of nitrogens with one attached hydrogen (secondary N) is 1. The average Bonchev–Trinajstić information content (AvgIpc) is 2.61. The van der Waals surface area contributed by atoms with Crippen molar-refractivity contribution in [3.05, 3.63) is 60.2 Å². The number of nitrogens with zero attached hydrogens (tertiary/aromatic N) is 1. The van der Waals surface area contributed by atoms with Gasteiger partial charge in [-0.25, -0.2) is 8.42 Å². The van der Waals surface area contributed by atoms with Gasteiger partial charge in [-0.1, -0.05) is 30.3 Å². The van der Waals surface area contributed by atoms with Crippen molar-refractivity contribution in [1.29, 1.82) is 0 Å². The molecule has 0 fully saturated rings. The van der Waals surface area contributed by atoms with Gasteiger partial charge >= 0.3 is 0 Å². The quantitative estimate of drug-likeness (QED) is 0.734. The van der Waals surface area contributed by atoms with Crippen molar-refractivity contribution >= 4 is 21.6 Å². The topological polar surface area (TPSA) is 75.7 Å². The minimum absolute atomic E-state index is 0.210. The van der Waals surface area contributed by atoms with Crippen LogP contribution in [0.3, 0.4) is 0 Å². The average molecular weight is 405 g/mol. The first kappa shape index (κ1) is 21.8. The normalized spacial score (nSPS) is 12.9. The SMILES string of the molecule is CC(Oc1ccc(N(C)S(C)(=O)=O)cc1)C(=O)NC(C)(C)Cc1ccccc1. The van der Waals surface area contributed by atoms with Crippen molar-refractivity contribution in [1.82, 2.24) is 5.32 Å². The van der Waals surface area contributed by atoms with Crippen molar-refractivity contribution < 1.29 is 17.9 Å². The van der Waals surface area contributed by atoms with Gasteiger partial charge in [-0.15, -0.1) is 0 Å². The van der Waals surface area contributed by atoms with E-state index in [-0.39, 0.29) is 5.91 Å². The highest BCUT2D eigenvalue weighted by atomic mass is 32.2. The summed E-state index contributed by atoms with van der Waals surface area (Å²) < 4.78 is 30.1. The summed E-state index contributed by atoms with van der Waals surface area (Å²) in [4.78, 5) is 12.5. The summed E-state index contributed by atoms with van der Waals surface area (Å²) in [6.07, 6.45) is 1.16. The number of ether oxygens (including phenoxy) is 1. The molecule has 0 radical (unpaired) electrons. The molecular weight excluding hydrogens is 376 g/mol. The Bertz CT molecular complexity index is 894.